The summed E-state index contributed by atoms with van der Waals surface area (Å²) in [5.74, 6) is -0.255. The Bertz CT molecular complexity index is 1120. The van der Waals surface area contributed by atoms with Crippen LogP contribution >= 0.6 is 7.26 Å². The second kappa shape index (κ2) is 9.99. The average molecular weight is 520 g/mol. The van der Waals surface area contributed by atoms with E-state index in [9.17, 15) is 9.18 Å². The summed E-state index contributed by atoms with van der Waals surface area (Å²) in [4.78, 5) is 15.8. The standard InChI is InChI=1S/C28H24FNOP.BrH/c29-22-11-10-12-23(21-22)30-20-19-27(28(30)31)32(24-13-4-1-5-14-24,25-15-6-2-7-16-25)26-17-8-3-9-18-26;/h1-18,21,27H,19-20H2;1H/q+1;/p-1. The van der Waals surface area contributed by atoms with Crippen LogP contribution in [0.25, 0.3) is 0 Å². The molecule has 0 aromatic heterocycles. The first-order chi connectivity index (χ1) is 15.7. The van der Waals surface area contributed by atoms with E-state index < -0.39 is 7.26 Å². The lowest BCUT2D eigenvalue weighted by Crippen LogP contribution is -3.00. The quantitative estimate of drug-likeness (QED) is 0.369. The van der Waals surface area contributed by atoms with E-state index in [1.54, 1.807) is 11.0 Å². The number of nitrogens with zero attached hydrogens (tertiary/aromatic N) is 1. The maximum Gasteiger partial charge on any atom is 0.268 e. The Morgan fingerprint density at radius 3 is 1.64 bits per heavy atom. The Kier molecular flexibility index (Phi) is 7.07. The fourth-order valence-electron chi connectivity index (χ4n) is 4.90. The van der Waals surface area contributed by atoms with E-state index in [0.717, 1.165) is 6.42 Å². The van der Waals surface area contributed by atoms with Crippen molar-refractivity contribution in [3.63, 3.8) is 0 Å². The SMILES string of the molecule is O=C1C([P+](c2ccccc2)(c2ccccc2)c2ccccc2)CCN1c1cccc(F)c1.[Br-]. The fourth-order valence-corrected chi connectivity index (χ4v) is 9.78. The van der Waals surface area contributed by atoms with Crippen molar-refractivity contribution in [3.05, 3.63) is 121 Å². The lowest BCUT2D eigenvalue weighted by atomic mass is 10.3. The summed E-state index contributed by atoms with van der Waals surface area (Å²) >= 11 is 0. The third-order valence-corrected chi connectivity index (χ3v) is 11.0. The molecule has 5 heteroatoms. The minimum absolute atomic E-state index is 0. The first-order valence-corrected chi connectivity index (χ1v) is 12.7. The van der Waals surface area contributed by atoms with E-state index in [0.29, 0.717) is 12.2 Å². The molecule has 33 heavy (non-hydrogen) atoms. The van der Waals surface area contributed by atoms with Gasteiger partial charge < -0.3 is 21.9 Å². The van der Waals surface area contributed by atoms with E-state index in [1.165, 1.54) is 28.0 Å². The monoisotopic (exact) mass is 519 g/mol. The third kappa shape index (κ3) is 4.14. The zero-order valence-corrected chi connectivity index (χ0v) is 20.5. The molecule has 166 valence electrons. The van der Waals surface area contributed by atoms with Gasteiger partial charge in [0.2, 0.25) is 0 Å². The molecule has 0 saturated carbocycles. The van der Waals surface area contributed by atoms with Crippen molar-refractivity contribution in [2.45, 2.75) is 12.1 Å². The van der Waals surface area contributed by atoms with Crippen LogP contribution in [0.1, 0.15) is 6.42 Å². The van der Waals surface area contributed by atoms with Gasteiger partial charge in [0, 0.05) is 18.7 Å². The highest BCUT2D eigenvalue weighted by molar-refractivity contribution is 7.97. The third-order valence-electron chi connectivity index (χ3n) is 6.26. The first-order valence-electron chi connectivity index (χ1n) is 10.8. The molecule has 1 saturated heterocycles. The zero-order valence-electron chi connectivity index (χ0n) is 18.0. The zero-order chi connectivity index (χ0) is 22.0. The molecular weight excluding hydrogens is 496 g/mol. The van der Waals surface area contributed by atoms with E-state index in [1.807, 2.05) is 24.3 Å². The maximum atomic E-state index is 14.0. The van der Waals surface area contributed by atoms with Crippen LogP contribution < -0.4 is 37.8 Å². The molecule has 0 aliphatic carbocycles. The molecule has 1 amide bonds. The average Bonchev–Trinajstić information content (AvgIpc) is 3.23. The highest BCUT2D eigenvalue weighted by atomic mass is 79.9. The Hall–Kier alpha value is -2.81. The Labute approximate surface area is 205 Å². The van der Waals surface area contributed by atoms with E-state index in [4.69, 9.17) is 0 Å². The van der Waals surface area contributed by atoms with Gasteiger partial charge in [0.25, 0.3) is 5.91 Å². The molecule has 1 unspecified atom stereocenters. The summed E-state index contributed by atoms with van der Waals surface area (Å²) in [5, 5.41) is 3.57. The van der Waals surface area contributed by atoms with Gasteiger partial charge in [-0.25, -0.2) is 4.39 Å². The second-order valence-corrected chi connectivity index (χ2v) is 11.6. The lowest BCUT2D eigenvalue weighted by Gasteiger charge is -2.32. The summed E-state index contributed by atoms with van der Waals surface area (Å²) in [7, 11) is -2.31. The molecule has 0 bridgehead atoms. The van der Waals surface area contributed by atoms with Crippen molar-refractivity contribution in [2.75, 3.05) is 11.4 Å². The smallest absolute Gasteiger partial charge is 0.268 e. The minimum Gasteiger partial charge on any atom is -1.00 e. The summed E-state index contributed by atoms with van der Waals surface area (Å²) in [6.45, 7) is 0.585. The number of hydrogen-bond acceptors (Lipinski definition) is 1. The number of halogens is 2. The van der Waals surface area contributed by atoms with Gasteiger partial charge in [-0.2, -0.15) is 0 Å². The second-order valence-electron chi connectivity index (χ2n) is 8.00. The number of carbonyl (C=O) groups is 1. The predicted molar refractivity (Wildman–Crippen MR) is 132 cm³/mol. The van der Waals surface area contributed by atoms with Gasteiger partial charge in [-0.3, -0.25) is 4.79 Å². The Morgan fingerprint density at radius 2 is 1.18 bits per heavy atom. The molecule has 0 spiro atoms. The number of benzene rings is 4. The summed E-state index contributed by atoms with van der Waals surface area (Å²) in [6, 6.07) is 37.7. The van der Waals surface area contributed by atoms with E-state index in [-0.39, 0.29) is 34.4 Å². The largest absolute Gasteiger partial charge is 1.00 e. The number of carbonyl (C=O) groups excluding carboxylic acids is 1. The summed E-state index contributed by atoms with van der Waals surface area (Å²) < 4.78 is 13.9. The summed E-state index contributed by atoms with van der Waals surface area (Å²) in [6.07, 6.45) is 0.724. The molecule has 0 radical (unpaired) electrons. The van der Waals surface area contributed by atoms with Crippen LogP contribution in [0.5, 0.6) is 0 Å². The Balaban J connectivity index is 0.00000259. The topological polar surface area (TPSA) is 20.3 Å². The van der Waals surface area contributed by atoms with Crippen molar-refractivity contribution in [1.29, 1.82) is 0 Å². The van der Waals surface area contributed by atoms with Gasteiger partial charge in [-0.05, 0) is 54.6 Å². The molecule has 2 nitrogen and oxygen atoms in total. The van der Waals surface area contributed by atoms with Gasteiger partial charge in [0.05, 0.1) is 0 Å². The maximum absolute atomic E-state index is 14.0. The minimum atomic E-state index is -2.31. The molecule has 1 fully saturated rings. The molecule has 1 aliphatic rings. The highest BCUT2D eigenvalue weighted by Crippen LogP contribution is 2.62. The van der Waals surface area contributed by atoms with Crippen LogP contribution in [0.3, 0.4) is 0 Å². The summed E-state index contributed by atoms with van der Waals surface area (Å²) in [5.41, 5.74) is 0.419. The number of rotatable bonds is 5. The van der Waals surface area contributed by atoms with Gasteiger partial charge in [0.1, 0.15) is 29.0 Å². The van der Waals surface area contributed by atoms with Crippen LogP contribution in [0.4, 0.5) is 10.1 Å². The number of anilines is 1. The predicted octanol–water partition coefficient (Wildman–Crippen LogP) is 1.93. The number of amides is 1. The molecule has 4 aromatic rings. The van der Waals surface area contributed by atoms with Gasteiger partial charge in [-0.1, -0.05) is 60.7 Å². The van der Waals surface area contributed by atoms with Crippen LogP contribution in [0, 0.1) is 5.82 Å². The van der Waals surface area contributed by atoms with Crippen LogP contribution in [0.15, 0.2) is 115 Å². The molecular formula is C28H24BrFNOP. The van der Waals surface area contributed by atoms with Crippen molar-refractivity contribution < 1.29 is 26.2 Å². The van der Waals surface area contributed by atoms with Gasteiger partial charge in [0.15, 0.2) is 5.66 Å². The normalized spacial score (nSPS) is 15.8. The van der Waals surface area contributed by atoms with Crippen molar-refractivity contribution in [1.82, 2.24) is 0 Å². The lowest BCUT2D eigenvalue weighted by molar-refractivity contribution is -0.116. The van der Waals surface area contributed by atoms with Crippen molar-refractivity contribution in [3.8, 4) is 0 Å². The molecule has 5 rings (SSSR count). The van der Waals surface area contributed by atoms with E-state index in [2.05, 4.69) is 72.8 Å². The molecule has 0 N–H and O–H groups in total. The molecule has 4 aromatic carbocycles. The van der Waals surface area contributed by atoms with Crippen LogP contribution in [-0.4, -0.2) is 18.1 Å². The Morgan fingerprint density at radius 1 is 0.697 bits per heavy atom. The molecule has 1 heterocycles. The van der Waals surface area contributed by atoms with Crippen molar-refractivity contribution in [2.24, 2.45) is 0 Å². The van der Waals surface area contributed by atoms with Crippen LogP contribution in [0.2, 0.25) is 0 Å². The van der Waals surface area contributed by atoms with E-state index >= 15 is 0 Å². The fraction of sp³-hybridized carbons (Fsp3) is 0.107. The molecule has 1 atom stereocenters. The molecule has 1 aliphatic heterocycles. The van der Waals surface area contributed by atoms with Gasteiger partial charge >= 0.3 is 0 Å². The number of hydrogen-bond donors (Lipinski definition) is 0. The van der Waals surface area contributed by atoms with Crippen LogP contribution in [-0.2, 0) is 4.79 Å². The van der Waals surface area contributed by atoms with Gasteiger partial charge in [-0.15, -0.1) is 0 Å². The highest BCUT2D eigenvalue weighted by Gasteiger charge is 2.58. The van der Waals surface area contributed by atoms with Crippen molar-refractivity contribution >= 4 is 34.8 Å². The first kappa shape index (κ1) is 23.4.